The van der Waals surface area contributed by atoms with Crippen LogP contribution in [0.5, 0.6) is 0 Å². The van der Waals surface area contributed by atoms with E-state index in [9.17, 15) is 9.59 Å². The number of anilines is 1. The SMILES string of the molecule is COC(=O)C(C)c1cc(-c2ccccc2Cl)c(NC(=O)C(C)N)s1. The van der Waals surface area contributed by atoms with Crippen LogP contribution in [-0.2, 0) is 14.3 Å². The van der Waals surface area contributed by atoms with E-state index in [1.165, 1.54) is 18.4 Å². The Morgan fingerprint density at radius 3 is 2.50 bits per heavy atom. The highest BCUT2D eigenvalue weighted by molar-refractivity contribution is 7.17. The summed E-state index contributed by atoms with van der Waals surface area (Å²) >= 11 is 7.60. The maximum atomic E-state index is 12.0. The zero-order valence-corrected chi connectivity index (χ0v) is 15.2. The molecule has 1 aromatic carbocycles. The molecule has 0 spiro atoms. The van der Waals surface area contributed by atoms with Gasteiger partial charge in [-0.1, -0.05) is 29.8 Å². The van der Waals surface area contributed by atoms with Crippen LogP contribution in [0.3, 0.4) is 0 Å². The van der Waals surface area contributed by atoms with Gasteiger partial charge in [0.15, 0.2) is 0 Å². The number of hydrogen-bond acceptors (Lipinski definition) is 5. The average molecular weight is 367 g/mol. The second kappa shape index (κ2) is 7.79. The predicted octanol–water partition coefficient (Wildman–Crippen LogP) is 3.63. The van der Waals surface area contributed by atoms with E-state index < -0.39 is 12.0 Å². The van der Waals surface area contributed by atoms with Crippen LogP contribution in [0, 0.1) is 0 Å². The summed E-state index contributed by atoms with van der Waals surface area (Å²) in [4.78, 5) is 24.6. The molecule has 7 heteroatoms. The van der Waals surface area contributed by atoms with Gasteiger partial charge in [0.25, 0.3) is 0 Å². The monoisotopic (exact) mass is 366 g/mol. The molecule has 0 saturated heterocycles. The van der Waals surface area contributed by atoms with Crippen LogP contribution in [0.25, 0.3) is 11.1 Å². The molecule has 1 aromatic heterocycles. The van der Waals surface area contributed by atoms with Crippen molar-refractivity contribution in [1.29, 1.82) is 0 Å². The minimum Gasteiger partial charge on any atom is -0.469 e. The normalized spacial score (nSPS) is 13.2. The number of methoxy groups -OCH3 is 1. The zero-order valence-electron chi connectivity index (χ0n) is 13.6. The summed E-state index contributed by atoms with van der Waals surface area (Å²) in [5.74, 6) is -1.09. The van der Waals surface area contributed by atoms with Crippen molar-refractivity contribution in [2.24, 2.45) is 5.73 Å². The summed E-state index contributed by atoms with van der Waals surface area (Å²) in [6.45, 7) is 3.36. The van der Waals surface area contributed by atoms with Crippen molar-refractivity contribution in [3.8, 4) is 11.1 Å². The van der Waals surface area contributed by atoms with Gasteiger partial charge < -0.3 is 15.8 Å². The van der Waals surface area contributed by atoms with Crippen molar-refractivity contribution < 1.29 is 14.3 Å². The molecule has 0 saturated carbocycles. The summed E-state index contributed by atoms with van der Waals surface area (Å²) in [6, 6.07) is 8.53. The van der Waals surface area contributed by atoms with E-state index >= 15 is 0 Å². The van der Waals surface area contributed by atoms with Gasteiger partial charge in [-0.2, -0.15) is 0 Å². The van der Waals surface area contributed by atoms with Gasteiger partial charge in [0, 0.05) is 21.0 Å². The molecule has 2 atom stereocenters. The number of carbonyl (C=O) groups is 2. The second-order valence-electron chi connectivity index (χ2n) is 5.39. The average Bonchev–Trinajstić information content (AvgIpc) is 2.97. The number of nitrogens with two attached hydrogens (primary N) is 1. The molecular formula is C17H19ClN2O3S. The van der Waals surface area contributed by atoms with Gasteiger partial charge in [0.1, 0.15) is 5.00 Å². The van der Waals surface area contributed by atoms with Gasteiger partial charge in [-0.05, 0) is 26.0 Å². The van der Waals surface area contributed by atoms with Crippen LogP contribution < -0.4 is 11.1 Å². The van der Waals surface area contributed by atoms with Crippen molar-refractivity contribution in [3.05, 3.63) is 40.2 Å². The smallest absolute Gasteiger partial charge is 0.313 e. The first-order valence-electron chi connectivity index (χ1n) is 7.38. The van der Waals surface area contributed by atoms with E-state index in [0.717, 1.165) is 16.0 Å². The van der Waals surface area contributed by atoms with Gasteiger partial charge in [-0.15, -0.1) is 11.3 Å². The van der Waals surface area contributed by atoms with Gasteiger partial charge in [0.05, 0.1) is 19.1 Å². The summed E-state index contributed by atoms with van der Waals surface area (Å²) in [6.07, 6.45) is 0. The Morgan fingerprint density at radius 1 is 1.25 bits per heavy atom. The lowest BCUT2D eigenvalue weighted by molar-refractivity contribution is -0.141. The third-order valence-corrected chi connectivity index (χ3v) is 5.11. The third-order valence-electron chi connectivity index (χ3n) is 3.55. The topological polar surface area (TPSA) is 81.4 Å². The Labute approximate surface area is 149 Å². The van der Waals surface area contributed by atoms with Crippen molar-refractivity contribution in [2.45, 2.75) is 25.8 Å². The number of thiophene rings is 1. The molecule has 3 N–H and O–H groups in total. The third kappa shape index (κ3) is 3.95. The molecule has 0 radical (unpaired) electrons. The molecule has 5 nitrogen and oxygen atoms in total. The standard InChI is InChI=1S/C17H19ClN2O3S/c1-9(17(22)23-3)14-8-12(11-6-4-5-7-13(11)18)16(24-14)20-15(21)10(2)19/h4-10H,19H2,1-3H3,(H,20,21). The first-order valence-corrected chi connectivity index (χ1v) is 8.57. The fraction of sp³-hybridized carbons (Fsp3) is 0.294. The number of amides is 1. The molecule has 2 unspecified atom stereocenters. The van der Waals surface area contributed by atoms with Gasteiger partial charge in [-0.3, -0.25) is 9.59 Å². The minimum atomic E-state index is -0.646. The van der Waals surface area contributed by atoms with Crippen LogP contribution in [-0.4, -0.2) is 25.0 Å². The van der Waals surface area contributed by atoms with Crippen LogP contribution in [0.2, 0.25) is 5.02 Å². The van der Waals surface area contributed by atoms with Crippen molar-refractivity contribution in [2.75, 3.05) is 12.4 Å². The van der Waals surface area contributed by atoms with E-state index in [0.29, 0.717) is 10.0 Å². The number of rotatable bonds is 5. The summed E-state index contributed by atoms with van der Waals surface area (Å²) in [5, 5.41) is 3.98. The van der Waals surface area contributed by atoms with E-state index in [-0.39, 0.29) is 11.9 Å². The zero-order chi connectivity index (χ0) is 17.9. The molecule has 2 rings (SSSR count). The van der Waals surface area contributed by atoms with E-state index in [1.807, 2.05) is 24.3 Å². The molecular weight excluding hydrogens is 348 g/mol. The van der Waals surface area contributed by atoms with Gasteiger partial charge in [-0.25, -0.2) is 0 Å². The lowest BCUT2D eigenvalue weighted by Crippen LogP contribution is -2.32. The lowest BCUT2D eigenvalue weighted by atomic mass is 10.0. The number of benzene rings is 1. The first-order chi connectivity index (χ1) is 11.3. The van der Waals surface area contributed by atoms with Crippen LogP contribution in [0.4, 0.5) is 5.00 Å². The summed E-state index contributed by atoms with van der Waals surface area (Å²) < 4.78 is 4.80. The van der Waals surface area contributed by atoms with Crippen LogP contribution >= 0.6 is 22.9 Å². The highest BCUT2D eigenvalue weighted by Gasteiger charge is 2.23. The van der Waals surface area contributed by atoms with E-state index in [4.69, 9.17) is 22.1 Å². The molecule has 0 bridgehead atoms. The van der Waals surface area contributed by atoms with Crippen LogP contribution in [0.15, 0.2) is 30.3 Å². The molecule has 0 fully saturated rings. The lowest BCUT2D eigenvalue weighted by Gasteiger charge is -2.09. The minimum absolute atomic E-state index is 0.303. The van der Waals surface area contributed by atoms with Crippen molar-refractivity contribution >= 4 is 39.8 Å². The van der Waals surface area contributed by atoms with Crippen molar-refractivity contribution in [3.63, 3.8) is 0 Å². The Morgan fingerprint density at radius 2 is 1.92 bits per heavy atom. The molecule has 0 aliphatic heterocycles. The maximum Gasteiger partial charge on any atom is 0.313 e. The highest BCUT2D eigenvalue weighted by atomic mass is 35.5. The van der Waals surface area contributed by atoms with Gasteiger partial charge >= 0.3 is 5.97 Å². The largest absolute Gasteiger partial charge is 0.469 e. The molecule has 1 amide bonds. The number of hydrogen-bond donors (Lipinski definition) is 2. The maximum absolute atomic E-state index is 12.0. The number of carbonyl (C=O) groups excluding carboxylic acids is 2. The predicted molar refractivity (Wildman–Crippen MR) is 97.5 cm³/mol. The Balaban J connectivity index is 2.50. The molecule has 1 heterocycles. The molecule has 0 aliphatic carbocycles. The first kappa shape index (κ1) is 18.4. The second-order valence-corrected chi connectivity index (χ2v) is 6.89. The quantitative estimate of drug-likeness (QED) is 0.791. The Kier molecular flexibility index (Phi) is 5.99. The summed E-state index contributed by atoms with van der Waals surface area (Å²) in [7, 11) is 1.35. The molecule has 2 aromatic rings. The van der Waals surface area contributed by atoms with E-state index in [1.54, 1.807) is 19.9 Å². The number of esters is 1. The number of ether oxygens (including phenoxy) is 1. The highest BCUT2D eigenvalue weighted by Crippen LogP contribution is 2.42. The Hall–Kier alpha value is -1.89. The number of nitrogens with one attached hydrogen (secondary N) is 1. The summed E-state index contributed by atoms with van der Waals surface area (Å²) in [5.41, 5.74) is 7.16. The van der Waals surface area contributed by atoms with Crippen LogP contribution in [0.1, 0.15) is 24.6 Å². The fourth-order valence-electron chi connectivity index (χ4n) is 2.11. The molecule has 24 heavy (non-hydrogen) atoms. The Bertz CT molecular complexity index is 758. The molecule has 128 valence electrons. The fourth-order valence-corrected chi connectivity index (χ4v) is 3.47. The van der Waals surface area contributed by atoms with Crippen molar-refractivity contribution in [1.82, 2.24) is 0 Å². The molecule has 0 aliphatic rings. The van der Waals surface area contributed by atoms with E-state index in [2.05, 4.69) is 5.32 Å². The number of halogens is 1. The van der Waals surface area contributed by atoms with Gasteiger partial charge in [0.2, 0.25) is 5.91 Å².